The molecule has 0 saturated heterocycles. The number of hydrogen-bond acceptors (Lipinski definition) is 6. The first kappa shape index (κ1) is 71.1. The van der Waals surface area contributed by atoms with Crippen molar-refractivity contribution in [1.29, 1.82) is 0 Å². The Hall–Kier alpha value is -3.93. The lowest BCUT2D eigenvalue weighted by Gasteiger charge is -2.18. The summed E-state index contributed by atoms with van der Waals surface area (Å²) in [5, 5.41) is 0. The van der Waals surface area contributed by atoms with Crippen molar-refractivity contribution in [3.8, 4) is 0 Å². The standard InChI is InChI=1S/C69H116O6/c1-4-7-10-13-15-17-19-21-23-25-27-29-31-32-33-34-35-36-38-39-41-43-45-47-49-51-53-56-59-62-68(71)74-65-66(64-73-67(70)61-58-55-12-9-6-3)75-69(72)63-60-57-54-52-50-48-46-44-42-40-37-30-28-26-24-22-20-18-16-14-11-8-5-2/h7,10,15,17,21,23,27,29,32-33,35-36,39,41,45,47,51,53,66H,4-6,8-9,11-14,16,18-20,22,24-26,28,30-31,34,37-38,40,42-44,46,48-50,52,54-65H2,1-3H3/b10-7-,17-15-,23-21-,29-27-,33-32-,36-35-,41-39-,47-45-,53-51-. The highest BCUT2D eigenvalue weighted by Gasteiger charge is 2.19. The zero-order valence-corrected chi connectivity index (χ0v) is 49.0. The molecule has 0 aliphatic heterocycles. The van der Waals surface area contributed by atoms with Crippen LogP contribution in [0.15, 0.2) is 109 Å². The summed E-state index contributed by atoms with van der Waals surface area (Å²) in [5.74, 6) is -0.966. The van der Waals surface area contributed by atoms with Gasteiger partial charge in [-0.1, -0.05) is 297 Å². The van der Waals surface area contributed by atoms with Crippen LogP contribution in [-0.2, 0) is 28.6 Å². The highest BCUT2D eigenvalue weighted by Crippen LogP contribution is 2.17. The monoisotopic (exact) mass is 1040 g/mol. The van der Waals surface area contributed by atoms with Crippen molar-refractivity contribution < 1.29 is 28.6 Å². The van der Waals surface area contributed by atoms with Gasteiger partial charge in [0.05, 0.1) is 0 Å². The minimum absolute atomic E-state index is 0.0955. The maximum atomic E-state index is 12.8. The SMILES string of the molecule is CC/C=C\C/C=C\C/C=C\C/C=C\C/C=C\C/C=C\C/C=C\C/C=C\C/C=C\CCCC(=O)OCC(COC(=O)CCCCCCC)OC(=O)CCCCCCCCCCCCCCCCCCCCCCCCC. The van der Waals surface area contributed by atoms with Crippen LogP contribution in [0.3, 0.4) is 0 Å². The number of rotatable bonds is 56. The summed E-state index contributed by atoms with van der Waals surface area (Å²) in [7, 11) is 0. The van der Waals surface area contributed by atoms with Crippen LogP contribution >= 0.6 is 0 Å². The van der Waals surface area contributed by atoms with Crippen LogP contribution in [0.2, 0.25) is 0 Å². The number of hydrogen-bond donors (Lipinski definition) is 0. The van der Waals surface area contributed by atoms with E-state index in [0.29, 0.717) is 19.3 Å². The lowest BCUT2D eigenvalue weighted by atomic mass is 10.0. The molecule has 0 rings (SSSR count). The zero-order chi connectivity index (χ0) is 54.3. The molecule has 0 aromatic rings. The van der Waals surface area contributed by atoms with Gasteiger partial charge in [-0.25, -0.2) is 0 Å². The van der Waals surface area contributed by atoms with Gasteiger partial charge in [-0.3, -0.25) is 14.4 Å². The number of carbonyl (C=O) groups excluding carboxylic acids is 3. The third-order valence-electron chi connectivity index (χ3n) is 13.3. The highest BCUT2D eigenvalue weighted by atomic mass is 16.6. The average Bonchev–Trinajstić information content (AvgIpc) is 3.41. The second-order valence-electron chi connectivity index (χ2n) is 20.6. The number of unbranched alkanes of at least 4 members (excludes halogenated alkanes) is 27. The fourth-order valence-corrected chi connectivity index (χ4v) is 8.62. The normalized spacial score (nSPS) is 12.8. The first-order chi connectivity index (χ1) is 37.0. The Balaban J connectivity index is 4.17. The Kier molecular flexibility index (Phi) is 59.3. The van der Waals surface area contributed by atoms with Gasteiger partial charge in [0, 0.05) is 19.3 Å². The number of ether oxygens (including phenoxy) is 3. The fourth-order valence-electron chi connectivity index (χ4n) is 8.62. The Labute approximate surface area is 463 Å². The van der Waals surface area contributed by atoms with Crippen LogP contribution in [0.25, 0.3) is 0 Å². The van der Waals surface area contributed by atoms with E-state index in [0.717, 1.165) is 116 Å². The Bertz CT molecular complexity index is 1520. The third kappa shape index (κ3) is 60.8. The van der Waals surface area contributed by atoms with Crippen LogP contribution < -0.4 is 0 Å². The van der Waals surface area contributed by atoms with Gasteiger partial charge in [0.2, 0.25) is 0 Å². The van der Waals surface area contributed by atoms with Crippen molar-refractivity contribution in [3.63, 3.8) is 0 Å². The van der Waals surface area contributed by atoms with Gasteiger partial charge in [0.15, 0.2) is 6.10 Å². The fraction of sp³-hybridized carbons (Fsp3) is 0.696. The van der Waals surface area contributed by atoms with E-state index in [2.05, 4.69) is 130 Å². The van der Waals surface area contributed by atoms with Crippen molar-refractivity contribution >= 4 is 17.9 Å². The van der Waals surface area contributed by atoms with Crippen molar-refractivity contribution in [2.24, 2.45) is 0 Å². The Morgan fingerprint density at radius 1 is 0.280 bits per heavy atom. The minimum atomic E-state index is -0.798. The third-order valence-corrected chi connectivity index (χ3v) is 13.3. The van der Waals surface area contributed by atoms with E-state index in [1.807, 2.05) is 0 Å². The summed E-state index contributed by atoms with van der Waals surface area (Å²) >= 11 is 0. The number of allylic oxidation sites excluding steroid dienone is 18. The summed E-state index contributed by atoms with van der Waals surface area (Å²) in [6.07, 6.45) is 85.8. The molecular weight excluding hydrogens is 925 g/mol. The summed E-state index contributed by atoms with van der Waals surface area (Å²) in [6.45, 7) is 6.41. The van der Waals surface area contributed by atoms with Gasteiger partial charge in [-0.2, -0.15) is 0 Å². The van der Waals surface area contributed by atoms with E-state index in [4.69, 9.17) is 14.2 Å². The summed E-state index contributed by atoms with van der Waals surface area (Å²) in [4.78, 5) is 37.9. The molecule has 0 heterocycles. The molecule has 0 amide bonds. The molecule has 0 bridgehead atoms. The molecule has 6 nitrogen and oxygen atoms in total. The smallest absolute Gasteiger partial charge is 0.306 e. The molecule has 0 saturated carbocycles. The summed E-state index contributed by atoms with van der Waals surface area (Å²) < 4.78 is 16.7. The molecule has 0 radical (unpaired) electrons. The van der Waals surface area contributed by atoms with Crippen LogP contribution in [0.4, 0.5) is 0 Å². The van der Waals surface area contributed by atoms with Crippen LogP contribution in [0.1, 0.15) is 290 Å². The molecule has 0 N–H and O–H groups in total. The van der Waals surface area contributed by atoms with Gasteiger partial charge in [-0.15, -0.1) is 0 Å². The Morgan fingerprint density at radius 2 is 0.520 bits per heavy atom. The van der Waals surface area contributed by atoms with E-state index < -0.39 is 6.10 Å². The molecule has 75 heavy (non-hydrogen) atoms. The molecule has 1 atom stereocenters. The summed E-state index contributed by atoms with van der Waals surface area (Å²) in [6, 6.07) is 0. The van der Waals surface area contributed by atoms with Gasteiger partial charge in [-0.05, 0) is 83.5 Å². The van der Waals surface area contributed by atoms with E-state index in [1.54, 1.807) is 0 Å². The van der Waals surface area contributed by atoms with Crippen molar-refractivity contribution in [3.05, 3.63) is 109 Å². The van der Waals surface area contributed by atoms with Crippen LogP contribution in [-0.4, -0.2) is 37.2 Å². The molecule has 6 heteroatoms. The molecular formula is C69H116O6. The highest BCUT2D eigenvalue weighted by molar-refractivity contribution is 5.71. The lowest BCUT2D eigenvalue weighted by Crippen LogP contribution is -2.30. The predicted octanol–water partition coefficient (Wildman–Crippen LogP) is 21.4. The van der Waals surface area contributed by atoms with Crippen molar-refractivity contribution in [2.75, 3.05) is 13.2 Å². The van der Waals surface area contributed by atoms with Gasteiger partial charge < -0.3 is 14.2 Å². The van der Waals surface area contributed by atoms with Crippen LogP contribution in [0, 0.1) is 0 Å². The van der Waals surface area contributed by atoms with E-state index in [9.17, 15) is 14.4 Å². The van der Waals surface area contributed by atoms with Crippen molar-refractivity contribution in [2.45, 2.75) is 297 Å². The minimum Gasteiger partial charge on any atom is -0.462 e. The first-order valence-corrected chi connectivity index (χ1v) is 31.4. The molecule has 0 aromatic carbocycles. The second-order valence-corrected chi connectivity index (χ2v) is 20.6. The second kappa shape index (κ2) is 62.6. The molecule has 0 aliphatic rings. The van der Waals surface area contributed by atoms with E-state index >= 15 is 0 Å². The predicted molar refractivity (Wildman–Crippen MR) is 325 cm³/mol. The molecule has 0 aliphatic carbocycles. The summed E-state index contributed by atoms with van der Waals surface area (Å²) in [5.41, 5.74) is 0. The zero-order valence-electron chi connectivity index (χ0n) is 49.0. The largest absolute Gasteiger partial charge is 0.462 e. The molecule has 0 fully saturated rings. The molecule has 0 aromatic heterocycles. The van der Waals surface area contributed by atoms with Crippen LogP contribution in [0.5, 0.6) is 0 Å². The maximum Gasteiger partial charge on any atom is 0.306 e. The van der Waals surface area contributed by atoms with Gasteiger partial charge >= 0.3 is 17.9 Å². The number of carbonyl (C=O) groups is 3. The van der Waals surface area contributed by atoms with Gasteiger partial charge in [0.1, 0.15) is 13.2 Å². The molecule has 0 spiro atoms. The van der Waals surface area contributed by atoms with E-state index in [-0.39, 0.29) is 37.5 Å². The molecule has 428 valence electrons. The first-order valence-electron chi connectivity index (χ1n) is 31.4. The topological polar surface area (TPSA) is 78.9 Å². The number of esters is 3. The van der Waals surface area contributed by atoms with Gasteiger partial charge in [0.25, 0.3) is 0 Å². The quantitative estimate of drug-likeness (QED) is 0.0261. The van der Waals surface area contributed by atoms with E-state index in [1.165, 1.54) is 128 Å². The molecule has 1 unspecified atom stereocenters. The Morgan fingerprint density at radius 3 is 0.813 bits per heavy atom. The lowest BCUT2D eigenvalue weighted by molar-refractivity contribution is -0.167. The maximum absolute atomic E-state index is 12.8. The van der Waals surface area contributed by atoms with Crippen molar-refractivity contribution in [1.82, 2.24) is 0 Å². The average molecular weight is 1040 g/mol.